The minimum atomic E-state index is -0.251. The second-order valence-electron chi connectivity index (χ2n) is 4.90. The number of aromatic nitrogens is 4. The molecule has 1 amide bonds. The lowest BCUT2D eigenvalue weighted by molar-refractivity contribution is 0.102. The lowest BCUT2D eigenvalue weighted by Gasteiger charge is -2.04. The number of rotatable bonds is 4. The number of nitrogens with zero attached hydrogens (tertiary/aromatic N) is 4. The van der Waals surface area contributed by atoms with Crippen molar-refractivity contribution in [2.75, 3.05) is 5.32 Å². The van der Waals surface area contributed by atoms with Gasteiger partial charge in [0.05, 0.1) is 24.5 Å². The number of carbonyl (C=O) groups is 1. The molecule has 0 fully saturated rings. The van der Waals surface area contributed by atoms with Gasteiger partial charge < -0.3 is 5.32 Å². The molecule has 1 aromatic carbocycles. The van der Waals surface area contributed by atoms with Crippen molar-refractivity contribution in [1.82, 2.24) is 20.0 Å². The predicted molar refractivity (Wildman–Crippen MR) is 82.5 cm³/mol. The molecular weight excluding hydrogens is 278 g/mol. The number of nitrogens with one attached hydrogen (secondary N) is 1. The molecule has 0 saturated heterocycles. The van der Waals surface area contributed by atoms with Crippen LogP contribution in [-0.4, -0.2) is 25.9 Å². The van der Waals surface area contributed by atoms with Crippen LogP contribution in [0, 0.1) is 6.92 Å². The zero-order valence-electron chi connectivity index (χ0n) is 12.1. The molecule has 22 heavy (non-hydrogen) atoms. The highest BCUT2D eigenvalue weighted by Gasteiger charge is 2.10. The van der Waals surface area contributed by atoms with Gasteiger partial charge in [-0.1, -0.05) is 30.3 Å². The van der Waals surface area contributed by atoms with Gasteiger partial charge in [-0.05, 0) is 18.6 Å². The first-order valence-corrected chi connectivity index (χ1v) is 6.89. The second-order valence-corrected chi connectivity index (χ2v) is 4.90. The van der Waals surface area contributed by atoms with Crippen LogP contribution < -0.4 is 5.32 Å². The molecule has 6 heteroatoms. The van der Waals surface area contributed by atoms with E-state index in [9.17, 15) is 4.79 Å². The lowest BCUT2D eigenvalue weighted by Crippen LogP contribution is -2.13. The van der Waals surface area contributed by atoms with Gasteiger partial charge in [-0.15, -0.1) is 0 Å². The molecule has 0 radical (unpaired) electrons. The molecular formula is C16H15N5O. The Morgan fingerprint density at radius 1 is 1.18 bits per heavy atom. The molecule has 2 aromatic heterocycles. The van der Waals surface area contributed by atoms with Gasteiger partial charge in [0, 0.05) is 11.8 Å². The summed E-state index contributed by atoms with van der Waals surface area (Å²) in [4.78, 5) is 12.1. The monoisotopic (exact) mass is 293 g/mol. The fourth-order valence-electron chi connectivity index (χ4n) is 2.10. The van der Waals surface area contributed by atoms with Crippen molar-refractivity contribution < 1.29 is 4.79 Å². The van der Waals surface area contributed by atoms with E-state index in [0.717, 1.165) is 11.3 Å². The summed E-state index contributed by atoms with van der Waals surface area (Å²) < 4.78 is 1.86. The molecule has 0 bridgehead atoms. The summed E-state index contributed by atoms with van der Waals surface area (Å²) >= 11 is 0. The van der Waals surface area contributed by atoms with E-state index < -0.39 is 0 Å². The summed E-state index contributed by atoms with van der Waals surface area (Å²) in [6, 6.07) is 13.5. The number of benzene rings is 1. The third kappa shape index (κ3) is 3.17. The normalized spacial score (nSPS) is 10.4. The van der Waals surface area contributed by atoms with Crippen LogP contribution in [0.1, 0.15) is 21.6 Å². The molecule has 0 atom stereocenters. The van der Waals surface area contributed by atoms with Gasteiger partial charge in [0.25, 0.3) is 5.91 Å². The molecule has 3 rings (SSSR count). The van der Waals surface area contributed by atoms with Crippen molar-refractivity contribution in [1.29, 1.82) is 0 Å². The largest absolute Gasteiger partial charge is 0.305 e. The van der Waals surface area contributed by atoms with Crippen LogP contribution in [0.3, 0.4) is 0 Å². The van der Waals surface area contributed by atoms with Crippen LogP contribution in [0.4, 0.5) is 5.82 Å². The maximum Gasteiger partial charge on any atom is 0.258 e. The Balaban J connectivity index is 1.74. The Kier molecular flexibility index (Phi) is 3.91. The van der Waals surface area contributed by atoms with E-state index >= 15 is 0 Å². The van der Waals surface area contributed by atoms with Crippen LogP contribution in [0.15, 0.2) is 54.9 Å². The van der Waals surface area contributed by atoms with Gasteiger partial charge in [0.1, 0.15) is 0 Å². The molecule has 0 aliphatic carbocycles. The number of hydrogen-bond acceptors (Lipinski definition) is 4. The zero-order valence-corrected chi connectivity index (χ0v) is 12.1. The van der Waals surface area contributed by atoms with Crippen LogP contribution >= 0.6 is 0 Å². The molecule has 110 valence electrons. The van der Waals surface area contributed by atoms with E-state index in [-0.39, 0.29) is 5.91 Å². The van der Waals surface area contributed by atoms with E-state index in [2.05, 4.69) is 20.6 Å². The maximum absolute atomic E-state index is 12.1. The third-order valence-electron chi connectivity index (χ3n) is 3.24. The topological polar surface area (TPSA) is 72.7 Å². The van der Waals surface area contributed by atoms with Gasteiger partial charge in [-0.3, -0.25) is 9.48 Å². The van der Waals surface area contributed by atoms with Gasteiger partial charge in [0.15, 0.2) is 5.82 Å². The highest BCUT2D eigenvalue weighted by molar-refractivity contribution is 6.03. The van der Waals surface area contributed by atoms with Crippen molar-refractivity contribution in [2.45, 2.75) is 13.5 Å². The van der Waals surface area contributed by atoms with Crippen LogP contribution in [0.25, 0.3) is 0 Å². The highest BCUT2D eigenvalue weighted by Crippen LogP contribution is 2.12. The summed E-state index contributed by atoms with van der Waals surface area (Å²) in [6.45, 7) is 2.62. The minimum Gasteiger partial charge on any atom is -0.305 e. The SMILES string of the molecule is Cc1cc(NC(=O)c2ccnnc2)nn1Cc1ccccc1. The fraction of sp³-hybridized carbons (Fsp3) is 0.125. The van der Waals surface area contributed by atoms with Crippen molar-refractivity contribution in [3.8, 4) is 0 Å². The van der Waals surface area contributed by atoms with Crippen LogP contribution in [0.2, 0.25) is 0 Å². The summed E-state index contributed by atoms with van der Waals surface area (Å²) in [7, 11) is 0. The number of amides is 1. The van der Waals surface area contributed by atoms with Gasteiger partial charge in [-0.25, -0.2) is 0 Å². The number of hydrogen-bond donors (Lipinski definition) is 1. The summed E-state index contributed by atoms with van der Waals surface area (Å²) in [5.74, 6) is 0.273. The minimum absolute atomic E-state index is 0.251. The number of aryl methyl sites for hydroxylation is 1. The molecule has 6 nitrogen and oxygen atoms in total. The van der Waals surface area contributed by atoms with Gasteiger partial charge >= 0.3 is 0 Å². The quantitative estimate of drug-likeness (QED) is 0.801. The first kappa shape index (κ1) is 13.9. The number of carbonyl (C=O) groups excluding carboxylic acids is 1. The molecule has 3 aromatic rings. The van der Waals surface area contributed by atoms with Gasteiger partial charge in [-0.2, -0.15) is 15.3 Å². The molecule has 0 aliphatic heterocycles. The first-order chi connectivity index (χ1) is 10.7. The lowest BCUT2D eigenvalue weighted by atomic mass is 10.2. The van der Waals surface area contributed by atoms with Gasteiger partial charge in [0.2, 0.25) is 0 Å². The third-order valence-corrected chi connectivity index (χ3v) is 3.24. The van der Waals surface area contributed by atoms with Crippen molar-refractivity contribution in [3.63, 3.8) is 0 Å². The molecule has 2 heterocycles. The van der Waals surface area contributed by atoms with Crippen LogP contribution in [-0.2, 0) is 6.54 Å². The summed E-state index contributed by atoms with van der Waals surface area (Å²) in [5.41, 5.74) is 2.59. The Morgan fingerprint density at radius 2 is 2.00 bits per heavy atom. The average Bonchev–Trinajstić information content (AvgIpc) is 2.88. The summed E-state index contributed by atoms with van der Waals surface area (Å²) in [5, 5.41) is 14.5. The highest BCUT2D eigenvalue weighted by atomic mass is 16.1. The molecule has 1 N–H and O–H groups in total. The molecule has 0 aliphatic rings. The standard InChI is InChI=1S/C16H15N5O/c1-12-9-15(19-16(22)14-7-8-17-18-10-14)20-21(12)11-13-5-3-2-4-6-13/h2-10H,11H2,1H3,(H,19,20,22). The van der Waals surface area contributed by atoms with Crippen molar-refractivity contribution >= 4 is 11.7 Å². The number of anilines is 1. The Labute approximate surface area is 127 Å². The van der Waals surface area contributed by atoms with E-state index in [1.807, 2.05) is 48.0 Å². The van der Waals surface area contributed by atoms with E-state index in [4.69, 9.17) is 0 Å². The van der Waals surface area contributed by atoms with E-state index in [1.165, 1.54) is 12.4 Å². The fourth-order valence-corrected chi connectivity index (χ4v) is 2.10. The smallest absolute Gasteiger partial charge is 0.258 e. The Hall–Kier alpha value is -3.02. The maximum atomic E-state index is 12.1. The Morgan fingerprint density at radius 3 is 2.73 bits per heavy atom. The zero-order chi connectivity index (χ0) is 15.4. The molecule has 0 unspecified atom stereocenters. The van der Waals surface area contributed by atoms with E-state index in [1.54, 1.807) is 6.07 Å². The van der Waals surface area contributed by atoms with Crippen molar-refractivity contribution in [2.24, 2.45) is 0 Å². The molecule has 0 spiro atoms. The average molecular weight is 293 g/mol. The molecule has 0 saturated carbocycles. The van der Waals surface area contributed by atoms with E-state index in [0.29, 0.717) is 17.9 Å². The predicted octanol–water partition coefficient (Wildman–Crippen LogP) is 2.28. The first-order valence-electron chi connectivity index (χ1n) is 6.89. The summed E-state index contributed by atoms with van der Waals surface area (Å²) in [6.07, 6.45) is 2.90. The Bertz CT molecular complexity index is 768. The van der Waals surface area contributed by atoms with Crippen molar-refractivity contribution in [3.05, 3.63) is 71.7 Å². The second kappa shape index (κ2) is 6.17. The van der Waals surface area contributed by atoms with Crippen LogP contribution in [0.5, 0.6) is 0 Å².